The molecule has 6 rings (SSSR count). The summed E-state index contributed by atoms with van der Waals surface area (Å²) in [6, 6.07) is 21.6. The third-order valence-corrected chi connectivity index (χ3v) is 8.48. The van der Waals surface area contributed by atoms with Gasteiger partial charge in [-0.05, 0) is 71.5 Å². The van der Waals surface area contributed by atoms with Crippen LogP contribution in [0.4, 0.5) is 4.79 Å². The zero-order chi connectivity index (χ0) is 29.1. The molecule has 8 heteroatoms. The molecule has 2 aromatic heterocycles. The quantitative estimate of drug-likeness (QED) is 0.192. The molecule has 0 fully saturated rings. The van der Waals surface area contributed by atoms with Gasteiger partial charge in [-0.15, -0.1) is 11.3 Å². The number of carbonyl (C=O) groups is 1. The Bertz CT molecular complexity index is 1770. The lowest BCUT2D eigenvalue weighted by Gasteiger charge is -2.35. The van der Waals surface area contributed by atoms with Crippen LogP contribution in [0.2, 0.25) is 0 Å². The fourth-order valence-electron chi connectivity index (χ4n) is 5.64. The Morgan fingerprint density at radius 2 is 1.90 bits per heavy atom. The van der Waals surface area contributed by atoms with Gasteiger partial charge in [-0.2, -0.15) is 0 Å². The highest BCUT2D eigenvalue weighted by Crippen LogP contribution is 2.39. The van der Waals surface area contributed by atoms with Gasteiger partial charge in [-0.1, -0.05) is 56.3 Å². The van der Waals surface area contributed by atoms with Crippen molar-refractivity contribution in [2.45, 2.75) is 38.8 Å². The highest BCUT2D eigenvalue weighted by atomic mass is 32.1. The molecule has 214 valence electrons. The van der Waals surface area contributed by atoms with E-state index in [4.69, 9.17) is 14.9 Å². The largest absolute Gasteiger partial charge is 0.492 e. The molecule has 3 heterocycles. The lowest BCUT2D eigenvalue weighted by molar-refractivity contribution is 0.135. The van der Waals surface area contributed by atoms with Crippen LogP contribution in [0, 0.1) is 5.41 Å². The van der Waals surface area contributed by atoms with Crippen LogP contribution in [0.15, 0.2) is 84.9 Å². The molecular weight excluding hydrogens is 544 g/mol. The van der Waals surface area contributed by atoms with Gasteiger partial charge in [0.2, 0.25) is 0 Å². The second kappa shape index (κ2) is 12.1. The fraction of sp³-hybridized carbons (Fsp3) is 0.235. The number of aryl methyl sites for hydroxylation is 1. The number of hydrogen-bond donors (Lipinski definition) is 2. The molecule has 3 aromatic carbocycles. The number of aromatic nitrogens is 2. The number of amides is 1. The molecule has 0 aliphatic carbocycles. The minimum atomic E-state index is -0.387. The van der Waals surface area contributed by atoms with Gasteiger partial charge in [0.25, 0.3) is 0 Å². The maximum absolute atomic E-state index is 13.6. The van der Waals surface area contributed by atoms with Gasteiger partial charge in [0, 0.05) is 34.7 Å². The van der Waals surface area contributed by atoms with Gasteiger partial charge in [-0.25, -0.2) is 4.79 Å². The fourth-order valence-corrected chi connectivity index (χ4v) is 6.27. The van der Waals surface area contributed by atoms with Crippen LogP contribution in [0.3, 0.4) is 0 Å². The Labute approximate surface area is 249 Å². The van der Waals surface area contributed by atoms with Gasteiger partial charge in [-0.3, -0.25) is 10.3 Å². The number of fused-ring (bicyclic) bond motifs is 3. The summed E-state index contributed by atoms with van der Waals surface area (Å²) < 4.78 is 13.7. The van der Waals surface area contributed by atoms with Gasteiger partial charge in [0.1, 0.15) is 24.1 Å². The average Bonchev–Trinajstić information content (AvgIpc) is 3.60. The molecule has 2 N–H and O–H groups in total. The molecule has 1 amide bonds. The average molecular weight is 579 g/mol. The number of hydrogen-bond acceptors (Lipinski definition) is 5. The van der Waals surface area contributed by atoms with Crippen LogP contribution in [0.1, 0.15) is 47.3 Å². The van der Waals surface area contributed by atoms with E-state index in [9.17, 15) is 4.79 Å². The Hall–Kier alpha value is -4.56. The van der Waals surface area contributed by atoms with E-state index in [0.29, 0.717) is 30.2 Å². The number of benzene rings is 3. The first-order chi connectivity index (χ1) is 20.5. The summed E-state index contributed by atoms with van der Waals surface area (Å²) in [5, 5.41) is 11.1. The Morgan fingerprint density at radius 1 is 1.12 bits per heavy atom. The number of H-pyrrole nitrogens is 1. The first-order valence-electron chi connectivity index (χ1n) is 14.3. The number of ether oxygens (including phenoxy) is 2. The Morgan fingerprint density at radius 3 is 2.62 bits per heavy atom. The molecule has 1 atom stereocenters. The van der Waals surface area contributed by atoms with E-state index in [1.165, 1.54) is 27.8 Å². The van der Waals surface area contributed by atoms with Crippen molar-refractivity contribution < 1.29 is 14.3 Å². The molecule has 0 spiro atoms. The number of nitrogens with one attached hydrogen (secondary N) is 2. The molecule has 7 nitrogen and oxygen atoms in total. The van der Waals surface area contributed by atoms with Crippen molar-refractivity contribution in [3.8, 4) is 11.5 Å². The summed E-state index contributed by atoms with van der Waals surface area (Å²) in [5.41, 5.74) is 6.63. The molecule has 0 saturated carbocycles. The monoisotopic (exact) mass is 578 g/mol. The van der Waals surface area contributed by atoms with Crippen molar-refractivity contribution in [2.75, 3.05) is 13.2 Å². The summed E-state index contributed by atoms with van der Waals surface area (Å²) in [6.45, 7) is 7.60. The maximum Gasteiger partial charge on any atom is 0.416 e. The van der Waals surface area contributed by atoms with Crippen LogP contribution >= 0.6 is 11.3 Å². The van der Waals surface area contributed by atoms with Gasteiger partial charge in [0.15, 0.2) is 4.80 Å². The van der Waals surface area contributed by atoms with Crippen molar-refractivity contribution in [3.05, 3.63) is 118 Å². The van der Waals surface area contributed by atoms with Gasteiger partial charge in [0.05, 0.1) is 6.54 Å². The summed E-state index contributed by atoms with van der Waals surface area (Å²) in [5.74, 6) is 1.24. The SMILES string of the molecule is C=Cc1ccc(OC(=O)N2CCc3c([nH]c4ccc(CCC)cc34)C2c2ccc(OCCn3ccsc3=N)cc2)cc1. The highest BCUT2D eigenvalue weighted by Gasteiger charge is 2.35. The van der Waals surface area contributed by atoms with Crippen LogP contribution < -0.4 is 14.3 Å². The zero-order valence-electron chi connectivity index (χ0n) is 23.6. The molecule has 1 unspecified atom stereocenters. The van der Waals surface area contributed by atoms with Gasteiger partial charge < -0.3 is 19.0 Å². The number of nitrogens with zero attached hydrogens (tertiary/aromatic N) is 2. The van der Waals surface area contributed by atoms with Crippen LogP contribution in [-0.2, 0) is 19.4 Å². The molecular formula is C34H34N4O3S. The normalized spacial score (nSPS) is 14.5. The van der Waals surface area contributed by atoms with Crippen molar-refractivity contribution in [2.24, 2.45) is 0 Å². The predicted octanol–water partition coefficient (Wildman–Crippen LogP) is 7.33. The van der Waals surface area contributed by atoms with E-state index in [1.807, 2.05) is 57.4 Å². The topological polar surface area (TPSA) is 83.3 Å². The van der Waals surface area contributed by atoms with Crippen LogP contribution in [-0.4, -0.2) is 33.7 Å². The summed E-state index contributed by atoms with van der Waals surface area (Å²) >= 11 is 1.40. The Balaban J connectivity index is 1.30. The van der Waals surface area contributed by atoms with Crippen molar-refractivity contribution in [1.29, 1.82) is 5.41 Å². The molecule has 0 radical (unpaired) electrons. The third-order valence-electron chi connectivity index (χ3n) is 7.76. The minimum absolute atomic E-state index is 0.336. The molecule has 5 aromatic rings. The first-order valence-corrected chi connectivity index (χ1v) is 15.2. The summed E-state index contributed by atoms with van der Waals surface area (Å²) in [7, 11) is 0. The van der Waals surface area contributed by atoms with E-state index >= 15 is 0 Å². The van der Waals surface area contributed by atoms with E-state index < -0.39 is 0 Å². The van der Waals surface area contributed by atoms with E-state index in [2.05, 4.69) is 36.7 Å². The summed E-state index contributed by atoms with van der Waals surface area (Å²) in [6.07, 6.45) is 6.15. The zero-order valence-corrected chi connectivity index (χ0v) is 24.5. The molecule has 0 saturated heterocycles. The molecule has 1 aliphatic rings. The lowest BCUT2D eigenvalue weighted by Crippen LogP contribution is -2.42. The van der Waals surface area contributed by atoms with Crippen LogP contribution in [0.25, 0.3) is 17.0 Å². The third kappa shape index (κ3) is 5.63. The smallest absolute Gasteiger partial charge is 0.416 e. The minimum Gasteiger partial charge on any atom is -0.492 e. The van der Waals surface area contributed by atoms with Crippen molar-refractivity contribution in [1.82, 2.24) is 14.5 Å². The van der Waals surface area contributed by atoms with E-state index in [-0.39, 0.29) is 12.1 Å². The van der Waals surface area contributed by atoms with Crippen molar-refractivity contribution >= 4 is 34.4 Å². The highest BCUT2D eigenvalue weighted by molar-refractivity contribution is 7.06. The maximum atomic E-state index is 13.6. The molecule has 42 heavy (non-hydrogen) atoms. The molecule has 1 aliphatic heterocycles. The number of aromatic amines is 1. The van der Waals surface area contributed by atoms with E-state index in [0.717, 1.165) is 47.3 Å². The standard InChI is InChI=1S/C34H34N4O3S/c1-3-5-24-8-15-30-29(22-24)28-16-17-38(34(39)41-27-11-6-23(4-2)7-12-27)32(31(28)36-30)25-9-13-26(14-10-25)40-20-18-37-19-21-42-33(37)35/h4,6-15,19,21-22,32,35-36H,2-3,5,16-18,20H2,1H3. The predicted molar refractivity (Wildman–Crippen MR) is 167 cm³/mol. The number of rotatable bonds is 9. The Kier molecular flexibility index (Phi) is 7.97. The first kappa shape index (κ1) is 27.6. The second-order valence-electron chi connectivity index (χ2n) is 10.5. The lowest BCUT2D eigenvalue weighted by atomic mass is 9.92. The van der Waals surface area contributed by atoms with Gasteiger partial charge >= 0.3 is 6.09 Å². The van der Waals surface area contributed by atoms with Crippen molar-refractivity contribution in [3.63, 3.8) is 0 Å². The number of carbonyl (C=O) groups excluding carboxylic acids is 1. The summed E-state index contributed by atoms with van der Waals surface area (Å²) in [4.78, 5) is 19.6. The number of thiazole rings is 1. The second-order valence-corrected chi connectivity index (χ2v) is 11.3. The molecule has 0 bridgehead atoms. The van der Waals surface area contributed by atoms with Crippen LogP contribution in [0.5, 0.6) is 11.5 Å². The van der Waals surface area contributed by atoms with E-state index in [1.54, 1.807) is 18.2 Å².